The minimum atomic E-state index is 0.0259. The van der Waals surface area contributed by atoms with Gasteiger partial charge in [-0.3, -0.25) is 0 Å². The van der Waals surface area contributed by atoms with E-state index in [0.29, 0.717) is 5.02 Å². The zero-order valence-corrected chi connectivity index (χ0v) is 13.7. The second-order valence-electron chi connectivity index (χ2n) is 4.74. The lowest BCUT2D eigenvalue weighted by atomic mass is 10.1. The van der Waals surface area contributed by atoms with Gasteiger partial charge in [0, 0.05) is 16.4 Å². The van der Waals surface area contributed by atoms with Crippen LogP contribution in [0.15, 0.2) is 66.3 Å². The van der Waals surface area contributed by atoms with Crippen molar-refractivity contribution in [3.05, 3.63) is 76.8 Å². The Kier molecular flexibility index (Phi) is 6.02. The van der Waals surface area contributed by atoms with E-state index in [1.165, 1.54) is 6.08 Å². The predicted molar refractivity (Wildman–Crippen MR) is 95.4 cm³/mol. The van der Waals surface area contributed by atoms with Crippen molar-refractivity contribution in [3.8, 4) is 17.9 Å². The Balaban J connectivity index is 2.37. The zero-order chi connectivity index (χ0) is 17.4. The standard InChI is InChI=1S/C19H14ClN3O/c1-24-18-9-7-17(8-10-18)23-19(11-2-14(12-21)13-22)15-3-5-16(20)6-4-15/h2-11,23H,1H3/b19-11-. The lowest BCUT2D eigenvalue weighted by molar-refractivity contribution is 0.415. The Hall–Kier alpha value is -3.21. The van der Waals surface area contributed by atoms with Gasteiger partial charge in [-0.15, -0.1) is 0 Å². The van der Waals surface area contributed by atoms with Gasteiger partial charge < -0.3 is 10.1 Å². The van der Waals surface area contributed by atoms with Crippen LogP contribution in [-0.4, -0.2) is 7.11 Å². The summed E-state index contributed by atoms with van der Waals surface area (Å²) in [7, 11) is 1.61. The van der Waals surface area contributed by atoms with Gasteiger partial charge in [0.15, 0.2) is 0 Å². The van der Waals surface area contributed by atoms with Crippen LogP contribution in [0.5, 0.6) is 5.75 Å². The first kappa shape index (κ1) is 17.1. The molecule has 1 N–H and O–H groups in total. The molecule has 0 aliphatic rings. The van der Waals surface area contributed by atoms with Crippen molar-refractivity contribution in [2.24, 2.45) is 0 Å². The summed E-state index contributed by atoms with van der Waals surface area (Å²) < 4.78 is 5.14. The molecule has 0 amide bonds. The Morgan fingerprint density at radius 2 is 1.62 bits per heavy atom. The molecule has 0 unspecified atom stereocenters. The van der Waals surface area contributed by atoms with Gasteiger partial charge in [-0.1, -0.05) is 23.7 Å². The monoisotopic (exact) mass is 335 g/mol. The molecular formula is C19H14ClN3O. The molecule has 4 nitrogen and oxygen atoms in total. The SMILES string of the molecule is COc1ccc(N/C(=C\C=C(C#N)C#N)c2ccc(Cl)cc2)cc1. The molecule has 2 aromatic carbocycles. The molecule has 0 aliphatic heterocycles. The number of nitrogens with zero attached hydrogens (tertiary/aromatic N) is 2. The quantitative estimate of drug-likeness (QED) is 0.631. The van der Waals surface area contributed by atoms with E-state index in [4.69, 9.17) is 26.9 Å². The van der Waals surface area contributed by atoms with Crippen LogP contribution in [-0.2, 0) is 0 Å². The number of anilines is 1. The Labute approximate surface area is 145 Å². The van der Waals surface area contributed by atoms with Gasteiger partial charge in [-0.05, 0) is 54.1 Å². The normalized spacial score (nSPS) is 10.2. The van der Waals surface area contributed by atoms with E-state index in [9.17, 15) is 0 Å². The van der Waals surface area contributed by atoms with Gasteiger partial charge in [0.2, 0.25) is 0 Å². The van der Waals surface area contributed by atoms with Crippen molar-refractivity contribution >= 4 is 23.0 Å². The van der Waals surface area contributed by atoms with Gasteiger partial charge in [0.25, 0.3) is 0 Å². The van der Waals surface area contributed by atoms with Gasteiger partial charge in [-0.2, -0.15) is 10.5 Å². The van der Waals surface area contributed by atoms with E-state index in [2.05, 4.69) is 5.32 Å². The van der Waals surface area contributed by atoms with Crippen LogP contribution in [0.2, 0.25) is 5.02 Å². The molecule has 0 saturated heterocycles. The highest BCUT2D eigenvalue weighted by Gasteiger charge is 2.03. The molecule has 0 aliphatic carbocycles. The highest BCUT2D eigenvalue weighted by atomic mass is 35.5. The van der Waals surface area contributed by atoms with Crippen molar-refractivity contribution in [2.45, 2.75) is 0 Å². The van der Waals surface area contributed by atoms with Crippen molar-refractivity contribution in [2.75, 3.05) is 12.4 Å². The van der Waals surface area contributed by atoms with Crippen molar-refractivity contribution in [1.82, 2.24) is 0 Å². The fourth-order valence-corrected chi connectivity index (χ4v) is 2.06. The van der Waals surface area contributed by atoms with E-state index < -0.39 is 0 Å². The number of nitriles is 2. The molecule has 2 aromatic rings. The lowest BCUT2D eigenvalue weighted by Crippen LogP contribution is -1.99. The van der Waals surface area contributed by atoms with Crippen molar-refractivity contribution in [3.63, 3.8) is 0 Å². The second kappa shape index (κ2) is 8.43. The topological polar surface area (TPSA) is 68.8 Å². The van der Waals surface area contributed by atoms with Gasteiger partial charge in [0.1, 0.15) is 23.5 Å². The highest BCUT2D eigenvalue weighted by molar-refractivity contribution is 6.30. The molecule has 0 heterocycles. The smallest absolute Gasteiger partial charge is 0.129 e. The number of halogens is 1. The van der Waals surface area contributed by atoms with Crippen LogP contribution in [0.3, 0.4) is 0 Å². The maximum absolute atomic E-state index is 8.87. The van der Waals surface area contributed by atoms with E-state index in [0.717, 1.165) is 22.7 Å². The Morgan fingerprint density at radius 3 is 2.17 bits per heavy atom. The van der Waals surface area contributed by atoms with Crippen LogP contribution in [0, 0.1) is 22.7 Å². The number of hydrogen-bond acceptors (Lipinski definition) is 4. The fourth-order valence-electron chi connectivity index (χ4n) is 1.94. The van der Waals surface area contributed by atoms with E-state index in [1.807, 2.05) is 48.5 Å². The molecule has 2 rings (SSSR count). The Morgan fingerprint density at radius 1 is 1.00 bits per heavy atom. The summed E-state index contributed by atoms with van der Waals surface area (Å²) in [4.78, 5) is 0. The molecule has 0 atom stereocenters. The summed E-state index contributed by atoms with van der Waals surface area (Å²) in [5.74, 6) is 0.758. The Bertz CT molecular complexity index is 822. The van der Waals surface area contributed by atoms with E-state index in [-0.39, 0.29) is 5.57 Å². The molecule has 24 heavy (non-hydrogen) atoms. The van der Waals surface area contributed by atoms with Crippen molar-refractivity contribution in [1.29, 1.82) is 10.5 Å². The van der Waals surface area contributed by atoms with Crippen molar-refractivity contribution < 1.29 is 4.74 Å². The third-order valence-electron chi connectivity index (χ3n) is 3.18. The molecule has 0 radical (unpaired) electrons. The molecule has 0 fully saturated rings. The molecular weight excluding hydrogens is 322 g/mol. The summed E-state index contributed by atoms with van der Waals surface area (Å²) in [6.45, 7) is 0. The third kappa shape index (κ3) is 4.64. The largest absolute Gasteiger partial charge is 0.497 e. The minimum absolute atomic E-state index is 0.0259. The second-order valence-corrected chi connectivity index (χ2v) is 5.18. The van der Waals surface area contributed by atoms with Crippen LogP contribution in [0.4, 0.5) is 5.69 Å². The molecule has 0 aromatic heterocycles. The van der Waals surface area contributed by atoms with E-state index in [1.54, 1.807) is 25.3 Å². The highest BCUT2D eigenvalue weighted by Crippen LogP contribution is 2.22. The van der Waals surface area contributed by atoms with E-state index >= 15 is 0 Å². The fraction of sp³-hybridized carbons (Fsp3) is 0.0526. The first-order valence-corrected chi connectivity index (χ1v) is 7.43. The zero-order valence-electron chi connectivity index (χ0n) is 13.0. The predicted octanol–water partition coefficient (Wildman–Crippen LogP) is 4.78. The van der Waals surface area contributed by atoms with Gasteiger partial charge in [0.05, 0.1) is 7.11 Å². The lowest BCUT2D eigenvalue weighted by Gasteiger charge is -2.12. The maximum atomic E-state index is 8.87. The molecule has 0 saturated carbocycles. The number of benzene rings is 2. The summed E-state index contributed by atoms with van der Waals surface area (Å²) in [5.41, 5.74) is 2.49. The summed E-state index contributed by atoms with van der Waals surface area (Å²) in [5, 5.41) is 21.6. The van der Waals surface area contributed by atoms with Crippen LogP contribution in [0.25, 0.3) is 5.70 Å². The van der Waals surface area contributed by atoms with Crippen LogP contribution in [0.1, 0.15) is 5.56 Å². The summed E-state index contributed by atoms with van der Waals surface area (Å²) in [6.07, 6.45) is 3.16. The number of nitrogens with one attached hydrogen (secondary N) is 1. The molecule has 0 bridgehead atoms. The average Bonchev–Trinajstić information content (AvgIpc) is 2.63. The van der Waals surface area contributed by atoms with Crippen LogP contribution >= 0.6 is 11.6 Å². The van der Waals surface area contributed by atoms with Crippen LogP contribution < -0.4 is 10.1 Å². The molecule has 118 valence electrons. The third-order valence-corrected chi connectivity index (χ3v) is 3.43. The average molecular weight is 336 g/mol. The number of rotatable bonds is 5. The minimum Gasteiger partial charge on any atom is -0.497 e. The maximum Gasteiger partial charge on any atom is 0.129 e. The number of methoxy groups -OCH3 is 1. The molecule has 5 heteroatoms. The number of allylic oxidation sites excluding steroid dienone is 3. The number of ether oxygens (including phenoxy) is 1. The van der Waals surface area contributed by atoms with Gasteiger partial charge in [-0.25, -0.2) is 0 Å². The van der Waals surface area contributed by atoms with Gasteiger partial charge >= 0.3 is 0 Å². The first-order valence-electron chi connectivity index (χ1n) is 7.05. The summed E-state index contributed by atoms with van der Waals surface area (Å²) in [6, 6.07) is 18.4. The molecule has 0 spiro atoms. The number of hydrogen-bond donors (Lipinski definition) is 1. The first-order chi connectivity index (χ1) is 11.7. The summed E-state index contributed by atoms with van der Waals surface area (Å²) >= 11 is 5.93.